The van der Waals surface area contributed by atoms with Gasteiger partial charge >= 0.3 is 0 Å². The fraction of sp³-hybridized carbons (Fsp3) is 0.727. The first-order valence-electron chi connectivity index (χ1n) is 10.2. The number of hydrogen-bond acceptors (Lipinski definition) is 0. The molecule has 3 rings (SSSR count). The summed E-state index contributed by atoms with van der Waals surface area (Å²) in [5.74, 6) is -0.644. The van der Waals surface area contributed by atoms with Crippen molar-refractivity contribution in [2.24, 2.45) is 17.8 Å². The largest absolute Gasteiger partial charge is 0.204 e. The van der Waals surface area contributed by atoms with E-state index in [1.54, 1.807) is 0 Å². The first-order chi connectivity index (χ1) is 12.1. The van der Waals surface area contributed by atoms with Crippen LogP contribution in [0.2, 0.25) is 0 Å². The standard InChI is InChI=1S/C22H31F3/c1-2-15-3-5-16(6-4-15)7-8-17-9-11-18(12-10-17)19-13-20(23)22(25)21(24)14-19/h13-18H,2-12H2,1H3. The van der Waals surface area contributed by atoms with Crippen LogP contribution in [-0.2, 0) is 0 Å². The Morgan fingerprint density at radius 2 is 1.16 bits per heavy atom. The molecule has 1 aromatic carbocycles. The van der Waals surface area contributed by atoms with Crippen LogP contribution in [0.25, 0.3) is 0 Å². The van der Waals surface area contributed by atoms with Gasteiger partial charge in [0.2, 0.25) is 0 Å². The molecule has 3 heteroatoms. The molecular weight excluding hydrogens is 321 g/mol. The molecule has 0 amide bonds. The lowest BCUT2D eigenvalue weighted by Crippen LogP contribution is -2.17. The van der Waals surface area contributed by atoms with E-state index >= 15 is 0 Å². The summed E-state index contributed by atoms with van der Waals surface area (Å²) < 4.78 is 40.0. The van der Waals surface area contributed by atoms with E-state index < -0.39 is 17.5 Å². The first-order valence-corrected chi connectivity index (χ1v) is 10.2. The molecule has 2 aliphatic rings. The third-order valence-electron chi connectivity index (χ3n) is 6.85. The van der Waals surface area contributed by atoms with Crippen LogP contribution in [0.3, 0.4) is 0 Å². The highest BCUT2D eigenvalue weighted by Crippen LogP contribution is 2.40. The highest BCUT2D eigenvalue weighted by molar-refractivity contribution is 5.23. The van der Waals surface area contributed by atoms with Crippen LogP contribution in [0, 0.1) is 35.2 Å². The topological polar surface area (TPSA) is 0 Å². The van der Waals surface area contributed by atoms with Crippen molar-refractivity contribution in [2.45, 2.75) is 83.5 Å². The van der Waals surface area contributed by atoms with E-state index in [4.69, 9.17) is 0 Å². The summed E-state index contributed by atoms with van der Waals surface area (Å²) in [6.07, 6.45) is 13.8. The van der Waals surface area contributed by atoms with Crippen LogP contribution in [-0.4, -0.2) is 0 Å². The molecule has 0 aromatic heterocycles. The molecule has 0 bridgehead atoms. The Kier molecular flexibility index (Phi) is 6.46. The minimum atomic E-state index is -1.35. The second kappa shape index (κ2) is 8.60. The molecular formula is C22H31F3. The Labute approximate surface area is 150 Å². The van der Waals surface area contributed by atoms with Crippen molar-refractivity contribution in [2.75, 3.05) is 0 Å². The maximum atomic E-state index is 13.4. The van der Waals surface area contributed by atoms with Gasteiger partial charge < -0.3 is 0 Å². The Morgan fingerprint density at radius 1 is 0.720 bits per heavy atom. The molecule has 0 N–H and O–H groups in total. The zero-order valence-corrected chi connectivity index (χ0v) is 15.4. The van der Waals surface area contributed by atoms with E-state index in [-0.39, 0.29) is 5.92 Å². The molecule has 0 atom stereocenters. The minimum absolute atomic E-state index is 0.181. The van der Waals surface area contributed by atoms with Gasteiger partial charge in [-0.2, -0.15) is 0 Å². The molecule has 2 aliphatic carbocycles. The average Bonchev–Trinajstić information content (AvgIpc) is 2.65. The second-order valence-electron chi connectivity index (χ2n) is 8.39. The Hall–Kier alpha value is -0.990. The molecule has 2 saturated carbocycles. The molecule has 0 spiro atoms. The van der Waals surface area contributed by atoms with Crippen molar-refractivity contribution in [3.63, 3.8) is 0 Å². The van der Waals surface area contributed by atoms with E-state index in [0.717, 1.165) is 43.4 Å². The predicted molar refractivity (Wildman–Crippen MR) is 96.0 cm³/mol. The van der Waals surface area contributed by atoms with Gasteiger partial charge in [-0.25, -0.2) is 13.2 Å². The third kappa shape index (κ3) is 4.80. The van der Waals surface area contributed by atoms with Crippen molar-refractivity contribution >= 4 is 0 Å². The highest BCUT2D eigenvalue weighted by atomic mass is 19.2. The van der Waals surface area contributed by atoms with Gasteiger partial charge in [0.25, 0.3) is 0 Å². The Balaban J connectivity index is 1.43. The van der Waals surface area contributed by atoms with Crippen LogP contribution >= 0.6 is 0 Å². The summed E-state index contributed by atoms with van der Waals surface area (Å²) in [7, 11) is 0. The molecule has 0 unspecified atom stereocenters. The zero-order chi connectivity index (χ0) is 17.8. The van der Waals surface area contributed by atoms with Gasteiger partial charge in [0.15, 0.2) is 17.5 Å². The highest BCUT2D eigenvalue weighted by Gasteiger charge is 2.26. The molecule has 0 radical (unpaired) electrons. The summed E-state index contributed by atoms with van der Waals surface area (Å²) >= 11 is 0. The fourth-order valence-electron chi connectivity index (χ4n) is 5.00. The normalized spacial score (nSPS) is 30.4. The smallest absolute Gasteiger partial charge is 0.194 e. The molecule has 0 aliphatic heterocycles. The number of halogens is 3. The lowest BCUT2D eigenvalue weighted by molar-refractivity contribution is 0.227. The van der Waals surface area contributed by atoms with Crippen LogP contribution in [0.15, 0.2) is 12.1 Å². The zero-order valence-electron chi connectivity index (χ0n) is 15.4. The van der Waals surface area contributed by atoms with Crippen LogP contribution in [0.5, 0.6) is 0 Å². The summed E-state index contributed by atoms with van der Waals surface area (Å²) in [6.45, 7) is 2.31. The van der Waals surface area contributed by atoms with Crippen LogP contribution in [0.1, 0.15) is 89.0 Å². The summed E-state index contributed by atoms with van der Waals surface area (Å²) in [6, 6.07) is 2.38. The van der Waals surface area contributed by atoms with Gasteiger partial charge in [0.1, 0.15) is 0 Å². The SMILES string of the molecule is CCC1CCC(CCC2CCC(c3cc(F)c(F)c(F)c3)CC2)CC1. The quantitative estimate of drug-likeness (QED) is 0.485. The first kappa shape index (κ1) is 18.8. The van der Waals surface area contributed by atoms with E-state index in [9.17, 15) is 13.2 Å². The summed E-state index contributed by atoms with van der Waals surface area (Å²) in [5, 5.41) is 0. The second-order valence-corrected chi connectivity index (χ2v) is 8.39. The van der Waals surface area contributed by atoms with Crippen molar-refractivity contribution in [1.82, 2.24) is 0 Å². The number of benzene rings is 1. The maximum Gasteiger partial charge on any atom is 0.194 e. The monoisotopic (exact) mass is 352 g/mol. The molecule has 1 aromatic rings. The van der Waals surface area contributed by atoms with E-state index in [2.05, 4.69) is 6.92 Å². The van der Waals surface area contributed by atoms with Gasteiger partial charge in [-0.1, -0.05) is 51.9 Å². The fourth-order valence-corrected chi connectivity index (χ4v) is 5.00. The van der Waals surface area contributed by atoms with Crippen molar-refractivity contribution in [3.8, 4) is 0 Å². The van der Waals surface area contributed by atoms with E-state index in [1.165, 1.54) is 57.1 Å². The molecule has 25 heavy (non-hydrogen) atoms. The van der Waals surface area contributed by atoms with Crippen molar-refractivity contribution in [3.05, 3.63) is 35.1 Å². The number of rotatable bonds is 5. The van der Waals surface area contributed by atoms with Gasteiger partial charge in [-0.05, 0) is 67.1 Å². The van der Waals surface area contributed by atoms with Gasteiger partial charge in [-0.15, -0.1) is 0 Å². The van der Waals surface area contributed by atoms with Crippen LogP contribution < -0.4 is 0 Å². The van der Waals surface area contributed by atoms with Gasteiger partial charge in [-0.3, -0.25) is 0 Å². The van der Waals surface area contributed by atoms with Crippen LogP contribution in [0.4, 0.5) is 13.2 Å². The number of hydrogen-bond donors (Lipinski definition) is 0. The molecule has 2 fully saturated rings. The Morgan fingerprint density at radius 3 is 1.64 bits per heavy atom. The lowest BCUT2D eigenvalue weighted by Gasteiger charge is -2.32. The van der Waals surface area contributed by atoms with E-state index in [0.29, 0.717) is 5.56 Å². The van der Waals surface area contributed by atoms with Gasteiger partial charge in [0.05, 0.1) is 0 Å². The molecule has 140 valence electrons. The summed E-state index contributed by atoms with van der Waals surface area (Å²) in [4.78, 5) is 0. The van der Waals surface area contributed by atoms with Gasteiger partial charge in [0, 0.05) is 0 Å². The Bertz CT molecular complexity index is 529. The van der Waals surface area contributed by atoms with Crippen molar-refractivity contribution in [1.29, 1.82) is 0 Å². The molecule has 0 saturated heterocycles. The minimum Gasteiger partial charge on any atom is -0.204 e. The average molecular weight is 352 g/mol. The van der Waals surface area contributed by atoms with Crippen molar-refractivity contribution < 1.29 is 13.2 Å². The third-order valence-corrected chi connectivity index (χ3v) is 6.85. The maximum absolute atomic E-state index is 13.4. The lowest BCUT2D eigenvalue weighted by atomic mass is 9.74. The molecule has 0 heterocycles. The summed E-state index contributed by atoms with van der Waals surface area (Å²) in [5.41, 5.74) is 0.632. The van der Waals surface area contributed by atoms with E-state index in [1.807, 2.05) is 0 Å². The molecule has 0 nitrogen and oxygen atoms in total. The predicted octanol–water partition coefficient (Wildman–Crippen LogP) is 7.37.